The predicted octanol–water partition coefficient (Wildman–Crippen LogP) is 4.96. The quantitative estimate of drug-likeness (QED) is 0.713. The molecule has 1 atom stereocenters. The maximum atomic E-state index is 5.62. The third-order valence-electron chi connectivity index (χ3n) is 2.30. The van der Waals surface area contributed by atoms with Crippen LogP contribution in [-0.4, -0.2) is 6.10 Å². The smallest absolute Gasteiger partial charge is 0.119 e. The summed E-state index contributed by atoms with van der Waals surface area (Å²) in [5.41, 5.74) is 1.52. The van der Waals surface area contributed by atoms with Gasteiger partial charge in [0.05, 0.1) is 6.10 Å². The van der Waals surface area contributed by atoms with Crippen LogP contribution >= 0.6 is 15.9 Å². The maximum Gasteiger partial charge on any atom is 0.119 e. The minimum atomic E-state index is 0.223. The van der Waals surface area contributed by atoms with Crippen molar-refractivity contribution >= 4 is 15.9 Å². The number of halogens is 1. The van der Waals surface area contributed by atoms with Crippen LogP contribution in [0.4, 0.5) is 0 Å². The number of ether oxygens (including phenoxy) is 1. The Bertz CT molecular complexity index is 322. The fourth-order valence-corrected chi connectivity index (χ4v) is 1.79. The second-order valence-electron chi connectivity index (χ2n) is 5.46. The molecule has 0 fully saturated rings. The van der Waals surface area contributed by atoms with Crippen molar-refractivity contribution in [2.24, 2.45) is 5.41 Å². The van der Waals surface area contributed by atoms with Crippen LogP contribution < -0.4 is 4.74 Å². The Morgan fingerprint density at radius 2 is 1.56 bits per heavy atom. The molecule has 0 aliphatic carbocycles. The van der Waals surface area contributed by atoms with E-state index in [4.69, 9.17) is 4.74 Å². The highest BCUT2D eigenvalue weighted by molar-refractivity contribution is 9.09. The zero-order valence-corrected chi connectivity index (χ0v) is 12.3. The zero-order valence-electron chi connectivity index (χ0n) is 10.8. The van der Waals surface area contributed by atoms with Gasteiger partial charge in [0.25, 0.3) is 0 Å². The molecule has 2 heteroatoms. The fraction of sp³-hybridized carbons (Fsp3) is 0.571. The van der Waals surface area contributed by atoms with E-state index in [1.165, 1.54) is 5.56 Å². The number of benzene rings is 1. The summed E-state index contributed by atoms with van der Waals surface area (Å²) in [4.78, 5) is 0.369. The Labute approximate surface area is 107 Å². The van der Waals surface area contributed by atoms with Crippen molar-refractivity contribution in [3.05, 3.63) is 29.8 Å². The third kappa shape index (κ3) is 3.82. The second-order valence-corrected chi connectivity index (χ2v) is 6.38. The van der Waals surface area contributed by atoms with E-state index >= 15 is 0 Å². The minimum absolute atomic E-state index is 0.223. The summed E-state index contributed by atoms with van der Waals surface area (Å²) in [6.45, 7) is 10.8. The van der Waals surface area contributed by atoms with Gasteiger partial charge in [0, 0.05) is 4.83 Å². The van der Waals surface area contributed by atoms with Gasteiger partial charge in [-0.25, -0.2) is 0 Å². The van der Waals surface area contributed by atoms with Gasteiger partial charge in [0.2, 0.25) is 0 Å². The first-order valence-corrected chi connectivity index (χ1v) is 6.63. The van der Waals surface area contributed by atoms with Crippen molar-refractivity contribution in [1.29, 1.82) is 0 Å². The number of alkyl halides is 1. The van der Waals surface area contributed by atoms with Crippen molar-refractivity contribution in [3.8, 4) is 5.75 Å². The average Bonchev–Trinajstić information content (AvgIpc) is 2.15. The predicted molar refractivity (Wildman–Crippen MR) is 73.3 cm³/mol. The molecule has 0 bridgehead atoms. The number of rotatable bonds is 3. The lowest BCUT2D eigenvalue weighted by molar-refractivity contribution is 0.242. The second kappa shape index (κ2) is 5.22. The van der Waals surface area contributed by atoms with E-state index in [0.29, 0.717) is 4.83 Å². The summed E-state index contributed by atoms with van der Waals surface area (Å²) in [5, 5.41) is 0. The first-order valence-electron chi connectivity index (χ1n) is 5.71. The fourth-order valence-electron chi connectivity index (χ4n) is 1.49. The van der Waals surface area contributed by atoms with E-state index in [0.717, 1.165) is 5.75 Å². The molecule has 1 nitrogen and oxygen atoms in total. The van der Waals surface area contributed by atoms with Crippen LogP contribution in [0.5, 0.6) is 5.75 Å². The van der Waals surface area contributed by atoms with Gasteiger partial charge in [-0.3, -0.25) is 0 Å². The Morgan fingerprint density at radius 1 is 1.06 bits per heavy atom. The van der Waals surface area contributed by atoms with Gasteiger partial charge < -0.3 is 4.74 Å². The van der Waals surface area contributed by atoms with E-state index in [2.05, 4.69) is 48.8 Å². The van der Waals surface area contributed by atoms with Crippen molar-refractivity contribution in [2.75, 3.05) is 0 Å². The first kappa shape index (κ1) is 13.6. The van der Waals surface area contributed by atoms with E-state index < -0.39 is 0 Å². The van der Waals surface area contributed by atoms with Gasteiger partial charge in [-0.15, -0.1) is 0 Å². The molecule has 1 rings (SSSR count). The standard InChI is InChI=1S/C14H21BrO/c1-10(2)16-12-8-6-11(7-9-12)13(15)14(3,4)5/h6-10,13H,1-5H3. The van der Waals surface area contributed by atoms with Crippen molar-refractivity contribution < 1.29 is 4.74 Å². The van der Waals surface area contributed by atoms with Crippen molar-refractivity contribution in [2.45, 2.75) is 45.5 Å². The molecule has 1 aromatic carbocycles. The lowest BCUT2D eigenvalue weighted by atomic mass is 9.88. The molecule has 0 aromatic heterocycles. The molecule has 16 heavy (non-hydrogen) atoms. The zero-order chi connectivity index (χ0) is 12.3. The van der Waals surface area contributed by atoms with Crippen molar-refractivity contribution in [3.63, 3.8) is 0 Å². The van der Waals surface area contributed by atoms with Crippen LogP contribution in [0.15, 0.2) is 24.3 Å². The molecule has 0 aliphatic rings. The summed E-state index contributed by atoms with van der Waals surface area (Å²) in [6.07, 6.45) is 0.230. The summed E-state index contributed by atoms with van der Waals surface area (Å²) in [6, 6.07) is 8.33. The Balaban J connectivity index is 2.79. The largest absolute Gasteiger partial charge is 0.491 e. The van der Waals surface area contributed by atoms with E-state index in [1.54, 1.807) is 0 Å². The molecule has 0 aliphatic heterocycles. The van der Waals surface area contributed by atoms with Gasteiger partial charge >= 0.3 is 0 Å². The lowest BCUT2D eigenvalue weighted by Crippen LogP contribution is -2.12. The minimum Gasteiger partial charge on any atom is -0.491 e. The van der Waals surface area contributed by atoms with Gasteiger partial charge in [0.1, 0.15) is 5.75 Å². The Hall–Kier alpha value is -0.500. The van der Waals surface area contributed by atoms with Crippen LogP contribution in [0, 0.1) is 5.41 Å². The Kier molecular flexibility index (Phi) is 4.43. The highest BCUT2D eigenvalue weighted by atomic mass is 79.9. The summed E-state index contributed by atoms with van der Waals surface area (Å²) in [7, 11) is 0. The molecular weight excluding hydrogens is 264 g/mol. The molecule has 0 saturated heterocycles. The van der Waals surface area contributed by atoms with Crippen LogP contribution in [0.3, 0.4) is 0 Å². The number of hydrogen-bond acceptors (Lipinski definition) is 1. The van der Waals surface area contributed by atoms with Crippen molar-refractivity contribution in [1.82, 2.24) is 0 Å². The summed E-state index contributed by atoms with van der Waals surface area (Å²) >= 11 is 3.74. The molecule has 0 spiro atoms. The molecule has 0 amide bonds. The van der Waals surface area contributed by atoms with Gasteiger partial charge in [-0.2, -0.15) is 0 Å². The van der Waals surface area contributed by atoms with Crippen LogP contribution in [-0.2, 0) is 0 Å². The average molecular weight is 285 g/mol. The Morgan fingerprint density at radius 3 is 1.94 bits per heavy atom. The van der Waals surface area contributed by atoms with Gasteiger partial charge in [0.15, 0.2) is 0 Å². The van der Waals surface area contributed by atoms with Crippen LogP contribution in [0.1, 0.15) is 45.0 Å². The first-order chi connectivity index (χ1) is 7.30. The SMILES string of the molecule is CC(C)Oc1ccc(C(Br)C(C)(C)C)cc1. The normalized spacial score (nSPS) is 13.9. The highest BCUT2D eigenvalue weighted by Gasteiger charge is 2.23. The monoisotopic (exact) mass is 284 g/mol. The molecule has 1 aromatic rings. The molecular formula is C14H21BrO. The maximum absolute atomic E-state index is 5.62. The van der Waals surface area contributed by atoms with E-state index in [-0.39, 0.29) is 11.5 Å². The molecule has 1 unspecified atom stereocenters. The molecule has 0 radical (unpaired) electrons. The highest BCUT2D eigenvalue weighted by Crippen LogP contribution is 2.40. The topological polar surface area (TPSA) is 9.23 Å². The van der Waals surface area contributed by atoms with Gasteiger partial charge in [-0.05, 0) is 37.0 Å². The number of hydrogen-bond donors (Lipinski definition) is 0. The van der Waals surface area contributed by atoms with Crippen LogP contribution in [0.25, 0.3) is 0 Å². The van der Waals surface area contributed by atoms with E-state index in [9.17, 15) is 0 Å². The van der Waals surface area contributed by atoms with Gasteiger partial charge in [-0.1, -0.05) is 48.8 Å². The summed E-state index contributed by atoms with van der Waals surface area (Å²) in [5.74, 6) is 0.937. The lowest BCUT2D eigenvalue weighted by Gasteiger charge is -2.26. The molecule has 0 heterocycles. The summed E-state index contributed by atoms with van der Waals surface area (Å²) < 4.78 is 5.62. The molecule has 90 valence electrons. The molecule has 0 saturated carbocycles. The van der Waals surface area contributed by atoms with Crippen LogP contribution in [0.2, 0.25) is 0 Å². The third-order valence-corrected chi connectivity index (χ3v) is 4.21. The van der Waals surface area contributed by atoms with E-state index in [1.807, 2.05) is 26.0 Å². The molecule has 0 N–H and O–H groups in total.